The van der Waals surface area contributed by atoms with Crippen LogP contribution in [-0.2, 0) is 9.47 Å². The molecule has 0 aliphatic carbocycles. The highest BCUT2D eigenvalue weighted by Gasteiger charge is 2.28. The molecule has 0 aromatic heterocycles. The minimum Gasteiger partial charge on any atom is -0.378 e. The largest absolute Gasteiger partial charge is 0.378 e. The predicted octanol–water partition coefficient (Wildman–Crippen LogP) is 0.405. The van der Waals surface area contributed by atoms with Gasteiger partial charge in [-0.25, -0.2) is 0 Å². The molecule has 98 valence electrons. The molecule has 2 heterocycles. The van der Waals surface area contributed by atoms with Crippen molar-refractivity contribution in [3.8, 4) is 0 Å². The fourth-order valence-electron chi connectivity index (χ4n) is 2.31. The Hall–Kier alpha value is -0.650. The van der Waals surface area contributed by atoms with Gasteiger partial charge >= 0.3 is 0 Å². The van der Waals surface area contributed by atoms with Crippen LogP contribution in [0.15, 0.2) is 0 Å². The molecule has 5 nitrogen and oxygen atoms in total. The zero-order valence-electron chi connectivity index (χ0n) is 10.8. The Balaban J connectivity index is 1.89. The highest BCUT2D eigenvalue weighted by atomic mass is 16.5. The van der Waals surface area contributed by atoms with Crippen LogP contribution in [0.1, 0.15) is 13.8 Å². The Morgan fingerprint density at radius 3 is 2.53 bits per heavy atom. The Morgan fingerprint density at radius 2 is 1.88 bits per heavy atom. The van der Waals surface area contributed by atoms with Gasteiger partial charge < -0.3 is 14.4 Å². The molecule has 1 N–H and O–H groups in total. The van der Waals surface area contributed by atoms with Crippen LogP contribution in [0.4, 0.5) is 0 Å². The van der Waals surface area contributed by atoms with E-state index < -0.39 is 0 Å². The second kappa shape index (κ2) is 5.80. The number of nitrogens with one attached hydrogen (secondary N) is 1. The Morgan fingerprint density at radius 1 is 1.18 bits per heavy atom. The van der Waals surface area contributed by atoms with Gasteiger partial charge in [0.25, 0.3) is 0 Å². The van der Waals surface area contributed by atoms with Gasteiger partial charge in [0.15, 0.2) is 0 Å². The summed E-state index contributed by atoms with van der Waals surface area (Å²) < 4.78 is 11.0. The zero-order valence-corrected chi connectivity index (χ0v) is 10.8. The van der Waals surface area contributed by atoms with E-state index in [0.29, 0.717) is 11.9 Å². The summed E-state index contributed by atoms with van der Waals surface area (Å²) in [5.41, 5.74) is 0. The molecule has 1 atom stereocenters. The number of rotatable bonds is 2. The summed E-state index contributed by atoms with van der Waals surface area (Å²) in [5.74, 6) is 0.624. The van der Waals surface area contributed by atoms with Crippen LogP contribution >= 0.6 is 0 Å². The van der Waals surface area contributed by atoms with Crippen molar-refractivity contribution in [2.24, 2.45) is 0 Å². The van der Waals surface area contributed by atoms with E-state index in [1.165, 1.54) is 0 Å². The molecule has 0 amide bonds. The van der Waals surface area contributed by atoms with E-state index in [-0.39, 0.29) is 6.10 Å². The van der Waals surface area contributed by atoms with Gasteiger partial charge in [-0.3, -0.25) is 10.3 Å². The number of morpholine rings is 2. The molecule has 2 rings (SSSR count). The number of ether oxygens (including phenoxy) is 2. The van der Waals surface area contributed by atoms with Crippen LogP contribution < -0.4 is 0 Å². The lowest BCUT2D eigenvalue weighted by atomic mass is 10.2. The molecule has 17 heavy (non-hydrogen) atoms. The van der Waals surface area contributed by atoms with Crippen molar-refractivity contribution in [3.05, 3.63) is 0 Å². The van der Waals surface area contributed by atoms with Gasteiger partial charge in [0, 0.05) is 32.2 Å². The zero-order chi connectivity index (χ0) is 12.3. The highest BCUT2D eigenvalue weighted by Crippen LogP contribution is 2.12. The second-order valence-corrected chi connectivity index (χ2v) is 4.93. The molecular formula is C12H23N3O2. The minimum absolute atomic E-state index is 0.0655. The fraction of sp³-hybridized carbons (Fsp3) is 0.917. The maximum absolute atomic E-state index is 8.23. The smallest absolute Gasteiger partial charge is 0.127 e. The van der Waals surface area contributed by atoms with Crippen LogP contribution in [-0.4, -0.2) is 73.8 Å². The third-order valence-corrected chi connectivity index (χ3v) is 3.48. The van der Waals surface area contributed by atoms with E-state index in [0.717, 1.165) is 46.0 Å². The van der Waals surface area contributed by atoms with Crippen molar-refractivity contribution >= 4 is 5.84 Å². The molecule has 2 fully saturated rings. The summed E-state index contributed by atoms with van der Waals surface area (Å²) >= 11 is 0. The average Bonchev–Trinajstić information content (AvgIpc) is 2.39. The lowest BCUT2D eigenvalue weighted by molar-refractivity contribution is -0.0157. The van der Waals surface area contributed by atoms with E-state index in [2.05, 4.69) is 23.6 Å². The average molecular weight is 241 g/mol. The topological polar surface area (TPSA) is 48.8 Å². The van der Waals surface area contributed by atoms with Crippen LogP contribution in [0.3, 0.4) is 0 Å². The van der Waals surface area contributed by atoms with Crippen molar-refractivity contribution in [1.29, 1.82) is 5.41 Å². The van der Waals surface area contributed by atoms with Crippen LogP contribution in [0.2, 0.25) is 0 Å². The Bertz CT molecular complexity index is 264. The number of amidine groups is 1. The molecule has 0 radical (unpaired) electrons. The Kier molecular flexibility index (Phi) is 4.36. The van der Waals surface area contributed by atoms with E-state index >= 15 is 0 Å². The van der Waals surface area contributed by atoms with Crippen LogP contribution in [0.5, 0.6) is 0 Å². The third kappa shape index (κ3) is 3.18. The molecule has 0 bridgehead atoms. The van der Waals surface area contributed by atoms with Gasteiger partial charge in [-0.15, -0.1) is 0 Å². The van der Waals surface area contributed by atoms with Gasteiger partial charge in [0.1, 0.15) is 11.9 Å². The Labute approximate surface area is 103 Å². The highest BCUT2D eigenvalue weighted by molar-refractivity contribution is 5.84. The van der Waals surface area contributed by atoms with Gasteiger partial charge in [-0.05, 0) is 13.8 Å². The summed E-state index contributed by atoms with van der Waals surface area (Å²) in [4.78, 5) is 4.46. The lowest BCUT2D eigenvalue weighted by Crippen LogP contribution is -2.54. The number of hydrogen-bond acceptors (Lipinski definition) is 4. The van der Waals surface area contributed by atoms with E-state index in [4.69, 9.17) is 14.9 Å². The monoisotopic (exact) mass is 241 g/mol. The SMILES string of the molecule is CC(C)N1CCOC(C(=N)N2CCOCC2)C1. The van der Waals surface area contributed by atoms with Crippen molar-refractivity contribution in [3.63, 3.8) is 0 Å². The van der Waals surface area contributed by atoms with E-state index in [1.807, 2.05) is 0 Å². The van der Waals surface area contributed by atoms with E-state index in [1.54, 1.807) is 0 Å². The maximum atomic E-state index is 8.23. The first-order valence-corrected chi connectivity index (χ1v) is 6.45. The lowest BCUT2D eigenvalue weighted by Gasteiger charge is -2.39. The molecule has 2 aliphatic rings. The first-order valence-electron chi connectivity index (χ1n) is 6.45. The second-order valence-electron chi connectivity index (χ2n) is 4.93. The van der Waals surface area contributed by atoms with Crippen molar-refractivity contribution in [2.75, 3.05) is 46.0 Å². The van der Waals surface area contributed by atoms with E-state index in [9.17, 15) is 0 Å². The van der Waals surface area contributed by atoms with Gasteiger partial charge in [0.05, 0.1) is 19.8 Å². The minimum atomic E-state index is -0.0655. The summed E-state index contributed by atoms with van der Waals surface area (Å²) in [6, 6.07) is 0.527. The summed E-state index contributed by atoms with van der Waals surface area (Å²) in [5, 5.41) is 8.23. The normalized spacial score (nSPS) is 27.5. The van der Waals surface area contributed by atoms with Crippen LogP contribution in [0.25, 0.3) is 0 Å². The molecule has 1 unspecified atom stereocenters. The number of nitrogens with zero attached hydrogens (tertiary/aromatic N) is 2. The third-order valence-electron chi connectivity index (χ3n) is 3.48. The number of hydrogen-bond donors (Lipinski definition) is 1. The molecule has 2 aliphatic heterocycles. The predicted molar refractivity (Wildman–Crippen MR) is 66.6 cm³/mol. The molecule has 5 heteroatoms. The molecule has 0 aromatic carbocycles. The van der Waals surface area contributed by atoms with Crippen LogP contribution in [0, 0.1) is 5.41 Å². The van der Waals surface area contributed by atoms with Crippen molar-refractivity contribution in [1.82, 2.24) is 9.80 Å². The molecule has 2 saturated heterocycles. The van der Waals surface area contributed by atoms with Gasteiger partial charge in [-0.2, -0.15) is 0 Å². The standard InChI is InChI=1S/C12H23N3O2/c1-10(2)15-5-8-17-11(9-15)12(13)14-3-6-16-7-4-14/h10-11,13H,3-9H2,1-2H3. The van der Waals surface area contributed by atoms with Gasteiger partial charge in [-0.1, -0.05) is 0 Å². The molecule has 0 spiro atoms. The fourth-order valence-corrected chi connectivity index (χ4v) is 2.31. The first kappa shape index (κ1) is 12.8. The van der Waals surface area contributed by atoms with Crippen molar-refractivity contribution in [2.45, 2.75) is 26.0 Å². The quantitative estimate of drug-likeness (QED) is 0.562. The molecule has 0 aromatic rings. The molecular weight excluding hydrogens is 218 g/mol. The summed E-state index contributed by atoms with van der Waals surface area (Å²) in [6.07, 6.45) is -0.0655. The first-order chi connectivity index (χ1) is 8.18. The van der Waals surface area contributed by atoms with Crippen molar-refractivity contribution < 1.29 is 9.47 Å². The molecule has 0 saturated carbocycles. The maximum Gasteiger partial charge on any atom is 0.127 e. The van der Waals surface area contributed by atoms with Gasteiger partial charge in [0.2, 0.25) is 0 Å². The summed E-state index contributed by atoms with van der Waals surface area (Å²) in [7, 11) is 0. The summed E-state index contributed by atoms with van der Waals surface area (Å²) in [6.45, 7) is 10.0.